The first-order chi connectivity index (χ1) is 8.00. The molecular formula is C13H27N3O. The zero-order valence-corrected chi connectivity index (χ0v) is 11.6. The lowest BCUT2D eigenvalue weighted by Crippen LogP contribution is -2.45. The van der Waals surface area contributed by atoms with E-state index < -0.39 is 0 Å². The molecule has 0 heterocycles. The Labute approximate surface area is 105 Å². The number of carbonyl (C=O) groups is 1. The summed E-state index contributed by atoms with van der Waals surface area (Å²) < 4.78 is 0. The van der Waals surface area contributed by atoms with Crippen LogP contribution in [0, 0.1) is 11.8 Å². The minimum absolute atomic E-state index is 0.109. The number of amides is 1. The largest absolute Gasteiger partial charge is 0.353 e. The van der Waals surface area contributed by atoms with Crippen molar-refractivity contribution in [2.24, 2.45) is 11.8 Å². The molecule has 0 spiro atoms. The number of hydrogen-bond acceptors (Lipinski definition) is 3. The summed E-state index contributed by atoms with van der Waals surface area (Å²) in [6, 6.07) is 0.405. The highest BCUT2D eigenvalue weighted by molar-refractivity contribution is 5.78. The third-order valence-electron chi connectivity index (χ3n) is 3.36. The molecule has 1 amide bonds. The van der Waals surface area contributed by atoms with E-state index in [9.17, 15) is 4.79 Å². The van der Waals surface area contributed by atoms with Gasteiger partial charge in [0.2, 0.25) is 5.91 Å². The second-order valence-electron chi connectivity index (χ2n) is 5.65. The minimum Gasteiger partial charge on any atom is -0.353 e. The van der Waals surface area contributed by atoms with Crippen molar-refractivity contribution >= 4 is 5.91 Å². The van der Waals surface area contributed by atoms with Crippen molar-refractivity contribution in [1.29, 1.82) is 0 Å². The summed E-state index contributed by atoms with van der Waals surface area (Å²) in [4.78, 5) is 13.8. The summed E-state index contributed by atoms with van der Waals surface area (Å²) >= 11 is 0. The number of hydrogen-bond donors (Lipinski definition) is 2. The van der Waals surface area contributed by atoms with Crippen LogP contribution in [0.25, 0.3) is 0 Å². The molecule has 17 heavy (non-hydrogen) atoms. The predicted octanol–water partition coefficient (Wildman–Crippen LogP) is 0.688. The third-order valence-corrected chi connectivity index (χ3v) is 3.36. The van der Waals surface area contributed by atoms with Gasteiger partial charge < -0.3 is 15.5 Å². The van der Waals surface area contributed by atoms with E-state index in [0.29, 0.717) is 18.5 Å². The smallest absolute Gasteiger partial charge is 0.234 e. The minimum atomic E-state index is 0.109. The van der Waals surface area contributed by atoms with E-state index >= 15 is 0 Å². The molecule has 4 nitrogen and oxygen atoms in total. The lowest BCUT2D eigenvalue weighted by molar-refractivity contribution is -0.120. The van der Waals surface area contributed by atoms with Crippen LogP contribution in [0.2, 0.25) is 0 Å². The lowest BCUT2D eigenvalue weighted by Gasteiger charge is -2.28. The van der Waals surface area contributed by atoms with Gasteiger partial charge in [0.25, 0.3) is 0 Å². The molecule has 100 valence electrons. The molecule has 1 saturated carbocycles. The second-order valence-corrected chi connectivity index (χ2v) is 5.65. The van der Waals surface area contributed by atoms with E-state index in [-0.39, 0.29) is 5.91 Å². The molecule has 4 heteroatoms. The van der Waals surface area contributed by atoms with Crippen LogP contribution in [0.3, 0.4) is 0 Å². The van der Waals surface area contributed by atoms with Crippen LogP contribution in [0.15, 0.2) is 0 Å². The SMILES string of the molecule is CC(C)C(CNC(=O)CNCC1CC1)N(C)C. The Kier molecular flexibility index (Phi) is 5.92. The Balaban J connectivity index is 2.11. The van der Waals surface area contributed by atoms with E-state index in [1.807, 2.05) is 0 Å². The molecule has 1 aliphatic rings. The van der Waals surface area contributed by atoms with Gasteiger partial charge in [-0.1, -0.05) is 13.8 Å². The average Bonchev–Trinajstić information content (AvgIpc) is 3.00. The van der Waals surface area contributed by atoms with Crippen molar-refractivity contribution in [3.8, 4) is 0 Å². The van der Waals surface area contributed by atoms with Crippen molar-refractivity contribution in [2.75, 3.05) is 33.7 Å². The Bertz CT molecular complexity index is 229. The zero-order chi connectivity index (χ0) is 12.8. The Hall–Kier alpha value is -0.610. The molecule has 0 radical (unpaired) electrons. The summed E-state index contributed by atoms with van der Waals surface area (Å²) in [5, 5.41) is 6.20. The summed E-state index contributed by atoms with van der Waals surface area (Å²) in [5.74, 6) is 1.48. The molecule has 0 saturated heterocycles. The standard InChI is InChI=1S/C13H27N3O/c1-10(2)12(16(3)4)8-15-13(17)9-14-7-11-5-6-11/h10-12,14H,5-9H2,1-4H3,(H,15,17). The van der Waals surface area contributed by atoms with Gasteiger partial charge >= 0.3 is 0 Å². The average molecular weight is 241 g/mol. The summed E-state index contributed by atoms with van der Waals surface area (Å²) in [5.41, 5.74) is 0. The first-order valence-electron chi connectivity index (χ1n) is 6.64. The molecule has 0 aromatic heterocycles. The number of nitrogens with one attached hydrogen (secondary N) is 2. The van der Waals surface area contributed by atoms with Crippen LogP contribution >= 0.6 is 0 Å². The topological polar surface area (TPSA) is 44.4 Å². The second kappa shape index (κ2) is 6.97. The van der Waals surface area contributed by atoms with Crippen LogP contribution in [0.5, 0.6) is 0 Å². The van der Waals surface area contributed by atoms with Gasteiger partial charge in [-0.3, -0.25) is 4.79 Å². The number of rotatable bonds is 8. The molecule has 1 atom stereocenters. The van der Waals surface area contributed by atoms with Crippen molar-refractivity contribution in [2.45, 2.75) is 32.7 Å². The van der Waals surface area contributed by atoms with Crippen molar-refractivity contribution in [1.82, 2.24) is 15.5 Å². The molecule has 0 aliphatic heterocycles. The van der Waals surface area contributed by atoms with E-state index in [2.05, 4.69) is 43.5 Å². The normalized spacial score (nSPS) is 17.5. The molecule has 1 unspecified atom stereocenters. The molecular weight excluding hydrogens is 214 g/mol. The van der Waals surface area contributed by atoms with Gasteiger partial charge in [-0.15, -0.1) is 0 Å². The molecule has 0 bridgehead atoms. The highest BCUT2D eigenvalue weighted by atomic mass is 16.1. The maximum Gasteiger partial charge on any atom is 0.234 e. The predicted molar refractivity (Wildman–Crippen MR) is 70.9 cm³/mol. The molecule has 1 aliphatic carbocycles. The summed E-state index contributed by atoms with van der Waals surface area (Å²) in [7, 11) is 4.12. The van der Waals surface area contributed by atoms with Gasteiger partial charge in [0, 0.05) is 12.6 Å². The molecule has 1 rings (SSSR count). The Morgan fingerprint density at radius 3 is 2.47 bits per heavy atom. The quantitative estimate of drug-likeness (QED) is 0.657. The van der Waals surface area contributed by atoms with E-state index in [4.69, 9.17) is 0 Å². The maximum absolute atomic E-state index is 11.6. The Morgan fingerprint density at radius 2 is 2.00 bits per heavy atom. The molecule has 1 fully saturated rings. The highest BCUT2D eigenvalue weighted by Gasteiger charge is 2.21. The van der Waals surface area contributed by atoms with Gasteiger partial charge in [-0.2, -0.15) is 0 Å². The first kappa shape index (κ1) is 14.5. The number of likely N-dealkylation sites (N-methyl/N-ethyl adjacent to an activating group) is 1. The molecule has 2 N–H and O–H groups in total. The monoisotopic (exact) mass is 241 g/mol. The number of carbonyl (C=O) groups excluding carboxylic acids is 1. The fourth-order valence-electron chi connectivity index (χ4n) is 2.01. The van der Waals surface area contributed by atoms with Crippen LogP contribution in [-0.2, 0) is 4.79 Å². The molecule has 0 aromatic carbocycles. The molecule has 0 aromatic rings. The summed E-state index contributed by atoms with van der Waals surface area (Å²) in [6.07, 6.45) is 2.65. The summed E-state index contributed by atoms with van der Waals surface area (Å²) in [6.45, 7) is 6.54. The third kappa shape index (κ3) is 6.03. The van der Waals surface area contributed by atoms with Crippen LogP contribution in [0.4, 0.5) is 0 Å². The highest BCUT2D eigenvalue weighted by Crippen LogP contribution is 2.27. The van der Waals surface area contributed by atoms with Crippen LogP contribution in [0.1, 0.15) is 26.7 Å². The van der Waals surface area contributed by atoms with E-state index in [0.717, 1.165) is 19.0 Å². The maximum atomic E-state index is 11.6. The Morgan fingerprint density at radius 1 is 1.35 bits per heavy atom. The van der Waals surface area contributed by atoms with Crippen molar-refractivity contribution in [3.63, 3.8) is 0 Å². The van der Waals surface area contributed by atoms with Crippen molar-refractivity contribution < 1.29 is 4.79 Å². The first-order valence-corrected chi connectivity index (χ1v) is 6.64. The van der Waals surface area contributed by atoms with E-state index in [1.165, 1.54) is 12.8 Å². The fourth-order valence-corrected chi connectivity index (χ4v) is 2.01. The van der Waals surface area contributed by atoms with Gasteiger partial charge in [0.1, 0.15) is 0 Å². The van der Waals surface area contributed by atoms with Crippen LogP contribution < -0.4 is 10.6 Å². The van der Waals surface area contributed by atoms with Crippen LogP contribution in [-0.4, -0.2) is 50.6 Å². The lowest BCUT2D eigenvalue weighted by atomic mass is 10.0. The van der Waals surface area contributed by atoms with Crippen molar-refractivity contribution in [3.05, 3.63) is 0 Å². The van der Waals surface area contributed by atoms with Gasteiger partial charge in [0.05, 0.1) is 6.54 Å². The van der Waals surface area contributed by atoms with Gasteiger partial charge in [-0.25, -0.2) is 0 Å². The number of nitrogens with zero attached hydrogens (tertiary/aromatic N) is 1. The van der Waals surface area contributed by atoms with Gasteiger partial charge in [-0.05, 0) is 45.3 Å². The zero-order valence-electron chi connectivity index (χ0n) is 11.6. The van der Waals surface area contributed by atoms with Gasteiger partial charge in [0.15, 0.2) is 0 Å². The fraction of sp³-hybridized carbons (Fsp3) is 0.923. The van der Waals surface area contributed by atoms with E-state index in [1.54, 1.807) is 0 Å².